The number of carbonyl (C=O) groups excluding carboxylic acids is 1. The standard InChI is InChI=1S/C21H19F3O4/c1-26-20(25)8-13-11-27-19-10-15(5-6-16(13)19)28-18-7-3-12-2-4-14(9-17(12)18)21(22,23)24/h2,4-6,9-10,13,18H,3,7-8,11H2,1H3/t13-,18+/m1/s1. The van der Waals surface area contributed by atoms with E-state index in [0.29, 0.717) is 36.5 Å². The number of benzene rings is 2. The lowest BCUT2D eigenvalue weighted by Crippen LogP contribution is -2.09. The topological polar surface area (TPSA) is 44.8 Å². The van der Waals surface area contributed by atoms with Gasteiger partial charge in [-0.3, -0.25) is 4.79 Å². The first-order valence-electron chi connectivity index (χ1n) is 9.05. The van der Waals surface area contributed by atoms with Gasteiger partial charge in [0.2, 0.25) is 0 Å². The van der Waals surface area contributed by atoms with Crippen LogP contribution in [0.25, 0.3) is 0 Å². The van der Waals surface area contributed by atoms with Gasteiger partial charge in [0.15, 0.2) is 0 Å². The Hall–Kier alpha value is -2.70. The second-order valence-corrected chi connectivity index (χ2v) is 7.04. The van der Waals surface area contributed by atoms with E-state index in [9.17, 15) is 18.0 Å². The molecular formula is C21H19F3O4. The van der Waals surface area contributed by atoms with Crippen LogP contribution in [0.1, 0.15) is 47.1 Å². The quantitative estimate of drug-likeness (QED) is 0.701. The van der Waals surface area contributed by atoms with Crippen molar-refractivity contribution in [2.75, 3.05) is 13.7 Å². The molecule has 2 atom stereocenters. The van der Waals surface area contributed by atoms with Crippen molar-refractivity contribution in [2.24, 2.45) is 0 Å². The van der Waals surface area contributed by atoms with Crippen LogP contribution in [0.2, 0.25) is 0 Å². The molecule has 0 radical (unpaired) electrons. The molecule has 4 nitrogen and oxygen atoms in total. The van der Waals surface area contributed by atoms with E-state index < -0.39 is 17.8 Å². The molecule has 0 fully saturated rings. The fourth-order valence-electron chi connectivity index (χ4n) is 3.81. The molecule has 1 heterocycles. The molecule has 28 heavy (non-hydrogen) atoms. The SMILES string of the molecule is COC(=O)C[C@@H]1COc2cc(O[C@H]3CCc4ccc(C(F)(F)F)cc43)ccc21. The minimum Gasteiger partial charge on any atom is -0.492 e. The monoisotopic (exact) mass is 392 g/mol. The summed E-state index contributed by atoms with van der Waals surface area (Å²) in [6.45, 7) is 0.384. The maximum Gasteiger partial charge on any atom is 0.416 e. The van der Waals surface area contributed by atoms with Gasteiger partial charge < -0.3 is 14.2 Å². The van der Waals surface area contributed by atoms with Crippen molar-refractivity contribution in [3.63, 3.8) is 0 Å². The molecular weight excluding hydrogens is 373 g/mol. The Morgan fingerprint density at radius 1 is 1.18 bits per heavy atom. The number of methoxy groups -OCH3 is 1. The van der Waals surface area contributed by atoms with Crippen molar-refractivity contribution in [2.45, 2.75) is 37.5 Å². The van der Waals surface area contributed by atoms with E-state index in [1.54, 1.807) is 12.1 Å². The maximum absolute atomic E-state index is 13.0. The Bertz CT molecular complexity index is 907. The molecule has 0 spiro atoms. The van der Waals surface area contributed by atoms with Crippen molar-refractivity contribution in [1.82, 2.24) is 0 Å². The molecule has 1 aliphatic carbocycles. The van der Waals surface area contributed by atoms with E-state index >= 15 is 0 Å². The Morgan fingerprint density at radius 2 is 2.00 bits per heavy atom. The molecule has 4 rings (SSSR count). The highest BCUT2D eigenvalue weighted by molar-refractivity contribution is 5.71. The summed E-state index contributed by atoms with van der Waals surface area (Å²) in [5.41, 5.74) is 1.71. The van der Waals surface area contributed by atoms with E-state index in [1.807, 2.05) is 6.07 Å². The average Bonchev–Trinajstić information content (AvgIpc) is 3.25. The number of esters is 1. The van der Waals surface area contributed by atoms with Gasteiger partial charge in [0.25, 0.3) is 0 Å². The van der Waals surface area contributed by atoms with Crippen LogP contribution < -0.4 is 9.47 Å². The highest BCUT2D eigenvalue weighted by atomic mass is 19.4. The van der Waals surface area contributed by atoms with Crippen molar-refractivity contribution in [3.05, 3.63) is 58.7 Å². The molecule has 7 heteroatoms. The summed E-state index contributed by atoms with van der Waals surface area (Å²) in [5.74, 6) is 0.796. The molecule has 0 bridgehead atoms. The third-order valence-corrected chi connectivity index (χ3v) is 5.28. The first-order valence-corrected chi connectivity index (χ1v) is 9.05. The summed E-state index contributed by atoms with van der Waals surface area (Å²) in [6, 6.07) is 9.18. The average molecular weight is 392 g/mol. The second-order valence-electron chi connectivity index (χ2n) is 7.04. The van der Waals surface area contributed by atoms with E-state index in [-0.39, 0.29) is 18.3 Å². The van der Waals surface area contributed by atoms with Crippen molar-refractivity contribution >= 4 is 5.97 Å². The lowest BCUT2D eigenvalue weighted by molar-refractivity contribution is -0.141. The molecule has 0 unspecified atom stereocenters. The maximum atomic E-state index is 13.0. The van der Waals surface area contributed by atoms with Gasteiger partial charge in [0.1, 0.15) is 17.6 Å². The Morgan fingerprint density at radius 3 is 2.75 bits per heavy atom. The molecule has 148 valence electrons. The van der Waals surface area contributed by atoms with Gasteiger partial charge in [0, 0.05) is 17.5 Å². The van der Waals surface area contributed by atoms with Crippen molar-refractivity contribution in [3.8, 4) is 11.5 Å². The fourth-order valence-corrected chi connectivity index (χ4v) is 3.81. The molecule has 0 saturated heterocycles. The van der Waals surface area contributed by atoms with E-state index in [4.69, 9.17) is 14.2 Å². The van der Waals surface area contributed by atoms with E-state index in [0.717, 1.165) is 17.2 Å². The Kier molecular flexibility index (Phi) is 4.69. The summed E-state index contributed by atoms with van der Waals surface area (Å²) >= 11 is 0. The van der Waals surface area contributed by atoms with Crippen LogP contribution in [0.4, 0.5) is 13.2 Å². The predicted octanol–water partition coefficient (Wildman–Crippen LogP) is 4.81. The number of rotatable bonds is 4. The summed E-state index contributed by atoms with van der Waals surface area (Å²) in [7, 11) is 1.35. The third-order valence-electron chi connectivity index (χ3n) is 5.28. The lowest BCUT2D eigenvalue weighted by Gasteiger charge is -2.17. The van der Waals surface area contributed by atoms with Crippen molar-refractivity contribution < 1.29 is 32.2 Å². The zero-order chi connectivity index (χ0) is 19.9. The van der Waals surface area contributed by atoms with Gasteiger partial charge >= 0.3 is 12.1 Å². The minimum atomic E-state index is -4.38. The number of aryl methyl sites for hydroxylation is 1. The normalized spacial score (nSPS) is 20.3. The van der Waals surface area contributed by atoms with Gasteiger partial charge in [-0.25, -0.2) is 0 Å². The third kappa shape index (κ3) is 3.53. The molecule has 2 aliphatic rings. The Labute approximate surface area is 160 Å². The number of alkyl halides is 3. The van der Waals surface area contributed by atoms with E-state index in [1.165, 1.54) is 19.2 Å². The van der Waals surface area contributed by atoms with Gasteiger partial charge in [-0.05, 0) is 42.2 Å². The van der Waals surface area contributed by atoms with Gasteiger partial charge in [0.05, 0.1) is 25.7 Å². The number of carbonyl (C=O) groups is 1. The van der Waals surface area contributed by atoms with Crippen LogP contribution in [-0.2, 0) is 22.1 Å². The zero-order valence-electron chi connectivity index (χ0n) is 15.2. The molecule has 1 aliphatic heterocycles. The van der Waals surface area contributed by atoms with Crippen LogP contribution in [0.15, 0.2) is 36.4 Å². The van der Waals surface area contributed by atoms with Crippen LogP contribution in [-0.4, -0.2) is 19.7 Å². The number of hydrogen-bond donors (Lipinski definition) is 0. The first-order chi connectivity index (χ1) is 13.3. The summed E-state index contributed by atoms with van der Waals surface area (Å²) in [5, 5.41) is 0. The molecule has 2 aromatic carbocycles. The van der Waals surface area contributed by atoms with Gasteiger partial charge in [-0.15, -0.1) is 0 Å². The largest absolute Gasteiger partial charge is 0.492 e. The molecule has 0 saturated carbocycles. The summed E-state index contributed by atoms with van der Waals surface area (Å²) in [6.07, 6.45) is -3.26. The second kappa shape index (κ2) is 7.04. The number of ether oxygens (including phenoxy) is 3. The number of halogens is 3. The lowest BCUT2D eigenvalue weighted by atomic mass is 9.98. The van der Waals surface area contributed by atoms with Gasteiger partial charge in [-0.1, -0.05) is 12.1 Å². The molecule has 0 N–H and O–H groups in total. The molecule has 0 aromatic heterocycles. The smallest absolute Gasteiger partial charge is 0.416 e. The predicted molar refractivity (Wildman–Crippen MR) is 94.4 cm³/mol. The first kappa shape index (κ1) is 18.7. The van der Waals surface area contributed by atoms with Crippen LogP contribution in [0.5, 0.6) is 11.5 Å². The minimum absolute atomic E-state index is 0.0712. The van der Waals surface area contributed by atoms with Crippen LogP contribution in [0, 0.1) is 0 Å². The highest BCUT2D eigenvalue weighted by Gasteiger charge is 2.34. The molecule has 0 amide bonds. The number of hydrogen-bond acceptors (Lipinski definition) is 4. The van der Waals surface area contributed by atoms with Gasteiger partial charge in [-0.2, -0.15) is 13.2 Å². The van der Waals surface area contributed by atoms with Crippen LogP contribution in [0.3, 0.4) is 0 Å². The highest BCUT2D eigenvalue weighted by Crippen LogP contribution is 2.42. The molecule has 2 aromatic rings. The fraction of sp³-hybridized carbons (Fsp3) is 0.381. The number of fused-ring (bicyclic) bond motifs is 2. The van der Waals surface area contributed by atoms with Crippen LogP contribution >= 0.6 is 0 Å². The summed E-state index contributed by atoms with van der Waals surface area (Å²) in [4.78, 5) is 11.5. The summed E-state index contributed by atoms with van der Waals surface area (Å²) < 4.78 is 55.4. The van der Waals surface area contributed by atoms with E-state index in [2.05, 4.69) is 0 Å². The zero-order valence-corrected chi connectivity index (χ0v) is 15.2. The van der Waals surface area contributed by atoms with Crippen molar-refractivity contribution in [1.29, 1.82) is 0 Å². The Balaban J connectivity index is 1.52.